The molecule has 0 aromatic heterocycles. The minimum absolute atomic E-state index is 0.0504. The van der Waals surface area contributed by atoms with Gasteiger partial charge in [0.15, 0.2) is 0 Å². The molecule has 0 saturated heterocycles. The van der Waals surface area contributed by atoms with Gasteiger partial charge in [0.2, 0.25) is 5.91 Å². The maximum Gasteiger partial charge on any atom is 0.407 e. The summed E-state index contributed by atoms with van der Waals surface area (Å²) in [6.45, 7) is 9.89. The van der Waals surface area contributed by atoms with E-state index >= 15 is 0 Å². The number of amides is 2. The number of alkyl carbamates (subject to hydrolysis) is 1. The van der Waals surface area contributed by atoms with Crippen LogP contribution in [0.25, 0.3) is 0 Å². The zero-order valence-corrected chi connectivity index (χ0v) is 12.5. The van der Waals surface area contributed by atoms with Crippen molar-refractivity contribution in [3.05, 3.63) is 0 Å². The van der Waals surface area contributed by atoms with Gasteiger partial charge < -0.3 is 20.7 Å². The van der Waals surface area contributed by atoms with Crippen molar-refractivity contribution >= 4 is 12.0 Å². The lowest BCUT2D eigenvalue weighted by Crippen LogP contribution is -2.37. The van der Waals surface area contributed by atoms with Crippen molar-refractivity contribution < 1.29 is 14.3 Å². The van der Waals surface area contributed by atoms with Crippen molar-refractivity contribution in [2.45, 2.75) is 46.1 Å². The van der Waals surface area contributed by atoms with Crippen molar-refractivity contribution in [2.75, 3.05) is 26.2 Å². The van der Waals surface area contributed by atoms with E-state index in [4.69, 9.17) is 4.74 Å². The van der Waals surface area contributed by atoms with E-state index in [1.807, 2.05) is 27.7 Å². The normalized spacial score (nSPS) is 10.9. The first kappa shape index (κ1) is 17.7. The minimum atomic E-state index is -0.477. The Kier molecular flexibility index (Phi) is 8.95. The molecule has 0 fully saturated rings. The monoisotopic (exact) mass is 273 g/mol. The van der Waals surface area contributed by atoms with Crippen molar-refractivity contribution in [1.29, 1.82) is 0 Å². The average molecular weight is 273 g/mol. The van der Waals surface area contributed by atoms with E-state index in [0.717, 1.165) is 13.0 Å². The first-order chi connectivity index (χ1) is 8.85. The van der Waals surface area contributed by atoms with E-state index in [1.165, 1.54) is 0 Å². The maximum atomic E-state index is 11.3. The number of rotatable bonds is 8. The maximum absolute atomic E-state index is 11.3. The van der Waals surface area contributed by atoms with Gasteiger partial charge in [-0.05, 0) is 27.2 Å². The van der Waals surface area contributed by atoms with Gasteiger partial charge in [-0.15, -0.1) is 0 Å². The van der Waals surface area contributed by atoms with Crippen LogP contribution in [0.15, 0.2) is 0 Å². The smallest absolute Gasteiger partial charge is 0.407 e. The second-order valence-electron chi connectivity index (χ2n) is 5.28. The topological polar surface area (TPSA) is 79.5 Å². The van der Waals surface area contributed by atoms with Crippen LogP contribution >= 0.6 is 0 Å². The molecule has 112 valence electrons. The Balaban J connectivity index is 3.41. The molecule has 0 atom stereocenters. The summed E-state index contributed by atoms with van der Waals surface area (Å²) in [6.07, 6.45) is 0.973. The summed E-state index contributed by atoms with van der Waals surface area (Å²) in [7, 11) is 0. The van der Waals surface area contributed by atoms with Gasteiger partial charge in [0, 0.05) is 32.6 Å². The number of nitrogens with one attached hydrogen (secondary N) is 3. The molecule has 2 amide bonds. The Labute approximate surface area is 115 Å². The average Bonchev–Trinajstić information content (AvgIpc) is 2.28. The molecule has 0 aliphatic carbocycles. The molecule has 0 radical (unpaired) electrons. The summed E-state index contributed by atoms with van der Waals surface area (Å²) in [4.78, 5) is 22.6. The van der Waals surface area contributed by atoms with E-state index < -0.39 is 11.7 Å². The molecule has 0 spiro atoms. The second-order valence-corrected chi connectivity index (χ2v) is 5.28. The summed E-state index contributed by atoms with van der Waals surface area (Å²) in [5.74, 6) is 0.0504. The third-order valence-corrected chi connectivity index (χ3v) is 2.07. The molecule has 0 aromatic carbocycles. The molecule has 6 nitrogen and oxygen atoms in total. The van der Waals surface area contributed by atoms with E-state index in [2.05, 4.69) is 16.0 Å². The van der Waals surface area contributed by atoms with Gasteiger partial charge in [-0.1, -0.05) is 6.92 Å². The summed E-state index contributed by atoms with van der Waals surface area (Å²) >= 11 is 0. The second kappa shape index (κ2) is 9.61. The fourth-order valence-corrected chi connectivity index (χ4v) is 1.25. The highest BCUT2D eigenvalue weighted by Gasteiger charge is 2.15. The van der Waals surface area contributed by atoms with Crippen molar-refractivity contribution in [3.8, 4) is 0 Å². The van der Waals surface area contributed by atoms with Crippen molar-refractivity contribution in [3.63, 3.8) is 0 Å². The zero-order valence-electron chi connectivity index (χ0n) is 12.5. The lowest BCUT2D eigenvalue weighted by molar-refractivity contribution is -0.120. The zero-order chi connectivity index (χ0) is 14.7. The predicted molar refractivity (Wildman–Crippen MR) is 75.0 cm³/mol. The van der Waals surface area contributed by atoms with E-state index in [9.17, 15) is 9.59 Å². The van der Waals surface area contributed by atoms with Crippen LogP contribution in [-0.2, 0) is 9.53 Å². The molecule has 0 saturated carbocycles. The molecule has 0 aromatic rings. The van der Waals surface area contributed by atoms with Crippen LogP contribution in [0.3, 0.4) is 0 Å². The first-order valence-corrected chi connectivity index (χ1v) is 6.79. The van der Waals surface area contributed by atoms with Crippen LogP contribution in [0.2, 0.25) is 0 Å². The van der Waals surface area contributed by atoms with Gasteiger partial charge in [-0.2, -0.15) is 0 Å². The van der Waals surface area contributed by atoms with Crippen LogP contribution in [0.1, 0.15) is 40.5 Å². The largest absolute Gasteiger partial charge is 0.444 e. The van der Waals surface area contributed by atoms with Crippen LogP contribution in [0.4, 0.5) is 4.79 Å². The molecule has 3 N–H and O–H groups in total. The predicted octanol–water partition coefficient (Wildman–Crippen LogP) is 1.02. The first-order valence-electron chi connectivity index (χ1n) is 6.79. The van der Waals surface area contributed by atoms with Crippen molar-refractivity contribution in [1.82, 2.24) is 16.0 Å². The molecule has 19 heavy (non-hydrogen) atoms. The van der Waals surface area contributed by atoms with E-state index in [-0.39, 0.29) is 5.91 Å². The van der Waals surface area contributed by atoms with Crippen LogP contribution in [0, 0.1) is 0 Å². The molecular formula is C13H27N3O3. The molecule has 0 rings (SSSR count). The highest BCUT2D eigenvalue weighted by atomic mass is 16.6. The number of carbonyl (C=O) groups excluding carboxylic acids is 2. The van der Waals surface area contributed by atoms with Crippen molar-refractivity contribution in [2.24, 2.45) is 0 Å². The number of carbonyl (C=O) groups is 2. The van der Waals surface area contributed by atoms with Crippen LogP contribution < -0.4 is 16.0 Å². The fourth-order valence-electron chi connectivity index (χ4n) is 1.25. The summed E-state index contributed by atoms with van der Waals surface area (Å²) in [6, 6.07) is 0. The highest BCUT2D eigenvalue weighted by Crippen LogP contribution is 2.05. The van der Waals surface area contributed by atoms with Gasteiger partial charge in [0.1, 0.15) is 5.60 Å². The summed E-state index contributed by atoms with van der Waals surface area (Å²) in [5.41, 5.74) is -0.477. The number of hydrogen-bond acceptors (Lipinski definition) is 4. The Morgan fingerprint density at radius 1 is 1.00 bits per heavy atom. The van der Waals surface area contributed by atoms with E-state index in [0.29, 0.717) is 26.1 Å². The Morgan fingerprint density at radius 3 is 2.26 bits per heavy atom. The number of ether oxygens (including phenoxy) is 1. The van der Waals surface area contributed by atoms with Gasteiger partial charge >= 0.3 is 6.09 Å². The minimum Gasteiger partial charge on any atom is -0.444 e. The standard InChI is InChI=1S/C13H27N3O3/c1-5-7-15-11(17)6-8-14-9-10-16-12(18)19-13(2,3)4/h14H,5-10H2,1-4H3,(H,15,17)(H,16,18). The lowest BCUT2D eigenvalue weighted by Gasteiger charge is -2.19. The SMILES string of the molecule is CCCNC(=O)CCNCCNC(=O)OC(C)(C)C. The van der Waals surface area contributed by atoms with E-state index in [1.54, 1.807) is 0 Å². The number of hydrogen-bond donors (Lipinski definition) is 3. The van der Waals surface area contributed by atoms with Gasteiger partial charge in [0.25, 0.3) is 0 Å². The fraction of sp³-hybridized carbons (Fsp3) is 0.846. The summed E-state index contributed by atoms with van der Waals surface area (Å²) in [5, 5.41) is 8.52. The molecular weight excluding hydrogens is 246 g/mol. The molecule has 0 bridgehead atoms. The highest BCUT2D eigenvalue weighted by molar-refractivity contribution is 5.75. The molecule has 0 unspecified atom stereocenters. The quantitative estimate of drug-likeness (QED) is 0.577. The van der Waals surface area contributed by atoms with Gasteiger partial charge in [-0.3, -0.25) is 4.79 Å². The Morgan fingerprint density at radius 2 is 1.68 bits per heavy atom. The van der Waals surface area contributed by atoms with Gasteiger partial charge in [0.05, 0.1) is 0 Å². The third-order valence-electron chi connectivity index (χ3n) is 2.07. The van der Waals surface area contributed by atoms with Crippen LogP contribution in [-0.4, -0.2) is 43.8 Å². The molecule has 0 aliphatic rings. The Hall–Kier alpha value is -1.30. The molecule has 0 heterocycles. The summed E-state index contributed by atoms with van der Waals surface area (Å²) < 4.78 is 5.08. The third kappa shape index (κ3) is 12.9. The Bertz CT molecular complexity index is 275. The van der Waals surface area contributed by atoms with Crippen LogP contribution in [0.5, 0.6) is 0 Å². The molecule has 0 aliphatic heterocycles. The lowest BCUT2D eigenvalue weighted by atomic mass is 10.2. The van der Waals surface area contributed by atoms with Gasteiger partial charge in [-0.25, -0.2) is 4.79 Å². The molecule has 6 heteroatoms.